The highest BCUT2D eigenvalue weighted by Gasteiger charge is 2.58. The van der Waals surface area contributed by atoms with Crippen molar-refractivity contribution in [2.45, 2.75) is 24.8 Å². The van der Waals surface area contributed by atoms with Crippen molar-refractivity contribution < 1.29 is 14.0 Å². The lowest BCUT2D eigenvalue weighted by atomic mass is 9.73. The number of benzene rings is 2. The third-order valence-corrected chi connectivity index (χ3v) is 6.62. The predicted molar refractivity (Wildman–Crippen MR) is 119 cm³/mol. The molecule has 3 aromatic rings. The van der Waals surface area contributed by atoms with E-state index in [9.17, 15) is 14.0 Å². The molecule has 164 valence electrons. The van der Waals surface area contributed by atoms with E-state index in [0.29, 0.717) is 32.8 Å². The third-order valence-electron chi connectivity index (χ3n) is 6.13. The number of carbonyl (C=O) groups is 2. The van der Waals surface area contributed by atoms with Crippen LogP contribution in [0.5, 0.6) is 0 Å². The number of nitrogens with one attached hydrogen (secondary N) is 1. The summed E-state index contributed by atoms with van der Waals surface area (Å²) in [5, 5.41) is 12.5. The van der Waals surface area contributed by atoms with Crippen LogP contribution < -0.4 is 10.2 Å². The summed E-state index contributed by atoms with van der Waals surface area (Å²) in [5.74, 6) is -0.425. The molecule has 0 radical (unpaired) electrons. The van der Waals surface area contributed by atoms with E-state index in [1.165, 1.54) is 4.90 Å². The van der Waals surface area contributed by atoms with Gasteiger partial charge in [-0.05, 0) is 48.4 Å². The molecule has 2 aliphatic rings. The lowest BCUT2D eigenvalue weighted by Crippen LogP contribution is -2.47. The summed E-state index contributed by atoms with van der Waals surface area (Å²) in [6.07, 6.45) is -0.164. The molecule has 1 aromatic heterocycles. The summed E-state index contributed by atoms with van der Waals surface area (Å²) in [5.41, 5.74) is 0.873. The fraction of sp³-hybridized carbons (Fsp3) is 0.273. The molecular formula is C22H18Cl2FN5O2. The first-order chi connectivity index (χ1) is 15.4. The molecule has 7 nitrogen and oxygen atoms in total. The number of halogens is 3. The van der Waals surface area contributed by atoms with Crippen LogP contribution in [0.25, 0.3) is 0 Å². The van der Waals surface area contributed by atoms with E-state index in [0.717, 1.165) is 5.56 Å². The summed E-state index contributed by atoms with van der Waals surface area (Å²) < 4.78 is 14.9. The molecule has 1 spiro atoms. The number of anilines is 2. The van der Waals surface area contributed by atoms with Gasteiger partial charge in [0, 0.05) is 15.7 Å². The average molecular weight is 474 g/mol. The molecule has 2 atom stereocenters. The maximum Gasteiger partial charge on any atom is 0.244 e. The van der Waals surface area contributed by atoms with Crippen LogP contribution in [0.15, 0.2) is 42.5 Å². The molecule has 0 saturated carbocycles. The zero-order valence-electron chi connectivity index (χ0n) is 17.0. The first-order valence-electron chi connectivity index (χ1n) is 10.1. The molecular weight excluding hydrogens is 456 g/mol. The van der Waals surface area contributed by atoms with Crippen LogP contribution >= 0.6 is 23.2 Å². The summed E-state index contributed by atoms with van der Waals surface area (Å²) >= 11 is 12.3. The minimum atomic E-state index is -1.41. The fourth-order valence-electron chi connectivity index (χ4n) is 4.60. The van der Waals surface area contributed by atoms with E-state index >= 15 is 0 Å². The normalized spacial score (nSPS) is 20.3. The second-order valence-corrected chi connectivity index (χ2v) is 8.77. The van der Waals surface area contributed by atoms with Gasteiger partial charge in [-0.15, -0.1) is 5.10 Å². The molecule has 0 fully saturated rings. The van der Waals surface area contributed by atoms with Crippen molar-refractivity contribution in [2.24, 2.45) is 0 Å². The number of nitrogens with zero attached hydrogens (tertiary/aromatic N) is 4. The third kappa shape index (κ3) is 2.93. The van der Waals surface area contributed by atoms with E-state index in [1.54, 1.807) is 35.0 Å². The molecule has 0 aliphatic carbocycles. The molecule has 2 aliphatic heterocycles. The Hall–Kier alpha value is -2.97. The predicted octanol–water partition coefficient (Wildman–Crippen LogP) is 4.14. The molecule has 5 rings (SSSR count). The number of alkyl halides is 1. The zero-order chi connectivity index (χ0) is 22.6. The summed E-state index contributed by atoms with van der Waals surface area (Å²) in [6.45, 7) is 1.06. The molecule has 2 amide bonds. The quantitative estimate of drug-likeness (QED) is 0.617. The van der Waals surface area contributed by atoms with Gasteiger partial charge < -0.3 is 10.2 Å². The van der Waals surface area contributed by atoms with Crippen LogP contribution in [0.4, 0.5) is 15.9 Å². The van der Waals surface area contributed by atoms with Crippen LogP contribution in [-0.2, 0) is 15.0 Å². The van der Waals surface area contributed by atoms with Crippen molar-refractivity contribution in [2.75, 3.05) is 23.4 Å². The highest BCUT2D eigenvalue weighted by Crippen LogP contribution is 2.52. The summed E-state index contributed by atoms with van der Waals surface area (Å²) in [6, 6.07) is 11.9. The Morgan fingerprint density at radius 2 is 1.88 bits per heavy atom. The van der Waals surface area contributed by atoms with Crippen molar-refractivity contribution in [3.05, 3.63) is 69.3 Å². The Morgan fingerprint density at radius 3 is 2.59 bits per heavy atom. The molecule has 0 unspecified atom stereocenters. The van der Waals surface area contributed by atoms with Crippen LogP contribution in [0.1, 0.15) is 36.2 Å². The minimum absolute atomic E-state index is 0.124. The van der Waals surface area contributed by atoms with Crippen LogP contribution in [0, 0.1) is 0 Å². The number of hydrogen-bond donors (Lipinski definition) is 1. The Bertz CT molecular complexity index is 1250. The molecule has 10 heteroatoms. The Kier molecular flexibility index (Phi) is 4.94. The van der Waals surface area contributed by atoms with Crippen molar-refractivity contribution >= 4 is 46.5 Å². The minimum Gasteiger partial charge on any atom is -0.309 e. The topological polar surface area (TPSA) is 80.1 Å². The van der Waals surface area contributed by atoms with Gasteiger partial charge in [-0.2, -0.15) is 0 Å². The van der Waals surface area contributed by atoms with Gasteiger partial charge >= 0.3 is 0 Å². The van der Waals surface area contributed by atoms with E-state index in [1.807, 2.05) is 19.1 Å². The van der Waals surface area contributed by atoms with Crippen molar-refractivity contribution in [3.63, 3.8) is 0 Å². The number of aromatic nitrogens is 3. The van der Waals surface area contributed by atoms with Crippen LogP contribution in [0.3, 0.4) is 0 Å². The molecule has 1 N–H and O–H groups in total. The number of fused-ring (bicyclic) bond motifs is 4. The first kappa shape index (κ1) is 20.9. The lowest BCUT2D eigenvalue weighted by Gasteiger charge is -2.31. The molecule has 0 saturated heterocycles. The van der Waals surface area contributed by atoms with Gasteiger partial charge in [0.1, 0.15) is 17.8 Å². The standard InChI is InChI=1S/C22H18Cl2FN5O2/c1-12(13-2-4-14(23)5-3-13)30-20-19(27-28-30)22(11-18(31)26-20)16-10-15(24)6-7-17(16)29(9-8-25)21(22)32/h2-7,10,12H,8-9,11H2,1H3,(H,26,31)/t12-,22+/m0/s1. The number of rotatable bonds is 4. The van der Waals surface area contributed by atoms with Gasteiger partial charge in [0.05, 0.1) is 19.0 Å². The van der Waals surface area contributed by atoms with Crippen molar-refractivity contribution in [1.29, 1.82) is 0 Å². The Labute approximate surface area is 193 Å². The van der Waals surface area contributed by atoms with Gasteiger partial charge in [-0.3, -0.25) is 9.59 Å². The van der Waals surface area contributed by atoms with E-state index in [2.05, 4.69) is 15.6 Å². The maximum absolute atomic E-state index is 13.7. The SMILES string of the molecule is C[C@@H](c1ccc(Cl)cc1)n1nnc2c1NC(=O)C[C@]21C(=O)N(CCF)c2ccc(Cl)cc21. The Morgan fingerprint density at radius 1 is 1.16 bits per heavy atom. The molecule has 32 heavy (non-hydrogen) atoms. The summed E-state index contributed by atoms with van der Waals surface area (Å²) in [4.78, 5) is 27.9. The van der Waals surface area contributed by atoms with Gasteiger partial charge in [0.2, 0.25) is 11.8 Å². The second kappa shape index (κ2) is 7.56. The van der Waals surface area contributed by atoms with Gasteiger partial charge in [0.25, 0.3) is 0 Å². The van der Waals surface area contributed by atoms with Gasteiger partial charge in [-0.1, -0.05) is 40.5 Å². The zero-order valence-corrected chi connectivity index (χ0v) is 18.5. The van der Waals surface area contributed by atoms with Gasteiger partial charge in [0.15, 0.2) is 5.82 Å². The lowest BCUT2D eigenvalue weighted by molar-refractivity contribution is -0.126. The van der Waals surface area contributed by atoms with Crippen LogP contribution in [-0.4, -0.2) is 40.0 Å². The molecule has 2 aromatic carbocycles. The highest BCUT2D eigenvalue weighted by molar-refractivity contribution is 6.31. The first-order valence-corrected chi connectivity index (χ1v) is 10.8. The fourth-order valence-corrected chi connectivity index (χ4v) is 4.90. The number of amides is 2. The van der Waals surface area contributed by atoms with Crippen molar-refractivity contribution in [1.82, 2.24) is 15.0 Å². The number of carbonyl (C=O) groups excluding carboxylic acids is 2. The maximum atomic E-state index is 13.7. The van der Waals surface area contributed by atoms with E-state index < -0.39 is 18.0 Å². The number of hydrogen-bond acceptors (Lipinski definition) is 4. The average Bonchev–Trinajstić information content (AvgIpc) is 3.28. The monoisotopic (exact) mass is 473 g/mol. The van der Waals surface area contributed by atoms with E-state index in [-0.39, 0.29) is 24.9 Å². The van der Waals surface area contributed by atoms with Crippen molar-refractivity contribution in [3.8, 4) is 0 Å². The van der Waals surface area contributed by atoms with Crippen LogP contribution in [0.2, 0.25) is 10.0 Å². The smallest absolute Gasteiger partial charge is 0.244 e. The summed E-state index contributed by atoms with van der Waals surface area (Å²) in [7, 11) is 0. The molecule has 3 heterocycles. The highest BCUT2D eigenvalue weighted by atomic mass is 35.5. The van der Waals surface area contributed by atoms with Gasteiger partial charge in [-0.25, -0.2) is 9.07 Å². The second-order valence-electron chi connectivity index (χ2n) is 7.90. The van der Waals surface area contributed by atoms with E-state index in [4.69, 9.17) is 23.2 Å². The largest absolute Gasteiger partial charge is 0.309 e. The molecule has 0 bridgehead atoms. The Balaban J connectivity index is 1.69.